The molecule has 2 aromatic carbocycles. The molecule has 2 aromatic rings. The van der Waals surface area contributed by atoms with Crippen LogP contribution in [-0.2, 0) is 0 Å². The minimum atomic E-state index is 0.659. The van der Waals surface area contributed by atoms with Crippen LogP contribution in [0.3, 0.4) is 0 Å². The average Bonchev–Trinajstić information content (AvgIpc) is 2.47. The number of likely N-dealkylation sites (N-methyl/N-ethyl adjacent to an activating group) is 1. The van der Waals surface area contributed by atoms with Gasteiger partial charge in [-0.15, -0.1) is 0 Å². The van der Waals surface area contributed by atoms with Gasteiger partial charge in [-0.1, -0.05) is 12.1 Å². The molecule has 3 heteroatoms. The highest BCUT2D eigenvalue weighted by molar-refractivity contribution is 5.52. The first-order valence-electron chi connectivity index (χ1n) is 7.25. The molecular weight excluding hydrogens is 260 g/mol. The van der Waals surface area contributed by atoms with Gasteiger partial charge in [0.2, 0.25) is 0 Å². The van der Waals surface area contributed by atoms with E-state index in [-0.39, 0.29) is 0 Å². The summed E-state index contributed by atoms with van der Waals surface area (Å²) in [4.78, 5) is 2.17. The average molecular weight is 284 g/mol. The zero-order chi connectivity index (χ0) is 15.4. The second-order valence-corrected chi connectivity index (χ2v) is 5.52. The molecule has 3 nitrogen and oxygen atoms in total. The zero-order valence-electron chi connectivity index (χ0n) is 13.3. The summed E-state index contributed by atoms with van der Waals surface area (Å²) in [7, 11) is 2.06. The summed E-state index contributed by atoms with van der Waals surface area (Å²) in [5, 5.41) is 0. The van der Waals surface area contributed by atoms with Crippen LogP contribution in [0.15, 0.2) is 36.4 Å². The highest BCUT2D eigenvalue weighted by atomic mass is 16.5. The molecule has 0 fully saturated rings. The number of nitrogen functional groups attached to an aromatic ring is 1. The molecule has 0 unspecified atom stereocenters. The Bertz CT molecular complexity index is 605. The topological polar surface area (TPSA) is 38.5 Å². The van der Waals surface area contributed by atoms with Gasteiger partial charge in [0.05, 0.1) is 6.54 Å². The van der Waals surface area contributed by atoms with E-state index in [4.69, 9.17) is 10.5 Å². The maximum Gasteiger partial charge on any atom is 0.125 e. The summed E-state index contributed by atoms with van der Waals surface area (Å²) < 4.78 is 6.00. The first kappa shape index (κ1) is 15.2. The first-order chi connectivity index (χ1) is 9.99. The number of aryl methyl sites for hydroxylation is 2. The summed E-state index contributed by atoms with van der Waals surface area (Å²) in [6.07, 6.45) is 0. The van der Waals surface area contributed by atoms with E-state index in [1.54, 1.807) is 0 Å². The summed E-state index contributed by atoms with van der Waals surface area (Å²) in [6, 6.07) is 12.1. The van der Waals surface area contributed by atoms with E-state index in [1.807, 2.05) is 24.3 Å². The number of nitrogens with two attached hydrogens (primary N) is 1. The third-order valence-electron chi connectivity index (χ3n) is 3.88. The maximum atomic E-state index is 6.00. The highest BCUT2D eigenvalue weighted by Crippen LogP contribution is 2.25. The van der Waals surface area contributed by atoms with Gasteiger partial charge in [0, 0.05) is 18.4 Å². The SMILES string of the molecule is Cc1ccc(C)c(OCCN(C)c2ccc(N)cc2)c1C. The lowest BCUT2D eigenvalue weighted by atomic mass is 10.1. The monoisotopic (exact) mass is 284 g/mol. The van der Waals surface area contributed by atoms with E-state index < -0.39 is 0 Å². The molecular formula is C18H24N2O. The summed E-state index contributed by atoms with van der Waals surface area (Å²) in [6.45, 7) is 7.80. The van der Waals surface area contributed by atoms with E-state index in [1.165, 1.54) is 16.7 Å². The quantitative estimate of drug-likeness (QED) is 0.851. The fourth-order valence-electron chi connectivity index (χ4n) is 2.29. The first-order valence-corrected chi connectivity index (χ1v) is 7.25. The van der Waals surface area contributed by atoms with Crippen LogP contribution < -0.4 is 15.4 Å². The Morgan fingerprint density at radius 2 is 1.57 bits per heavy atom. The number of benzene rings is 2. The zero-order valence-corrected chi connectivity index (χ0v) is 13.3. The van der Waals surface area contributed by atoms with Gasteiger partial charge in [0.25, 0.3) is 0 Å². The van der Waals surface area contributed by atoms with Crippen LogP contribution in [0.5, 0.6) is 5.75 Å². The molecule has 0 aromatic heterocycles. The molecule has 2 N–H and O–H groups in total. The molecule has 112 valence electrons. The normalized spacial score (nSPS) is 10.5. The van der Waals surface area contributed by atoms with Gasteiger partial charge in [-0.25, -0.2) is 0 Å². The Balaban J connectivity index is 1.95. The Morgan fingerprint density at radius 1 is 0.952 bits per heavy atom. The highest BCUT2D eigenvalue weighted by Gasteiger charge is 2.07. The molecule has 0 saturated heterocycles. The van der Waals surface area contributed by atoms with Crippen LogP contribution >= 0.6 is 0 Å². The number of ether oxygens (including phenoxy) is 1. The number of hydrogen-bond acceptors (Lipinski definition) is 3. The number of nitrogens with zero attached hydrogens (tertiary/aromatic N) is 1. The van der Waals surface area contributed by atoms with E-state index in [2.05, 4.69) is 44.9 Å². The number of hydrogen-bond donors (Lipinski definition) is 1. The third kappa shape index (κ3) is 3.69. The molecule has 0 saturated carbocycles. The standard InChI is InChI=1S/C18H24N2O/c1-13-5-6-14(2)18(15(13)3)21-12-11-20(4)17-9-7-16(19)8-10-17/h5-10H,11-12,19H2,1-4H3. The molecule has 21 heavy (non-hydrogen) atoms. The van der Waals surface area contributed by atoms with Crippen LogP contribution in [0.2, 0.25) is 0 Å². The number of rotatable bonds is 5. The Morgan fingerprint density at radius 3 is 2.24 bits per heavy atom. The Labute approximate surface area is 127 Å². The summed E-state index contributed by atoms with van der Waals surface area (Å²) >= 11 is 0. The maximum absolute atomic E-state index is 6.00. The molecule has 0 spiro atoms. The molecule has 0 heterocycles. The van der Waals surface area contributed by atoms with Crippen molar-refractivity contribution in [1.82, 2.24) is 0 Å². The van der Waals surface area contributed by atoms with E-state index >= 15 is 0 Å². The van der Waals surface area contributed by atoms with E-state index in [9.17, 15) is 0 Å². The van der Waals surface area contributed by atoms with E-state index in [0.717, 1.165) is 23.7 Å². The van der Waals surface area contributed by atoms with Crippen molar-refractivity contribution in [2.75, 3.05) is 30.8 Å². The van der Waals surface area contributed by atoms with Gasteiger partial charge in [-0.3, -0.25) is 0 Å². The molecule has 0 radical (unpaired) electrons. The van der Waals surface area contributed by atoms with Gasteiger partial charge in [-0.2, -0.15) is 0 Å². The van der Waals surface area contributed by atoms with Crippen LogP contribution in [0.1, 0.15) is 16.7 Å². The van der Waals surface area contributed by atoms with Crippen LogP contribution in [0.25, 0.3) is 0 Å². The van der Waals surface area contributed by atoms with Crippen molar-refractivity contribution >= 4 is 11.4 Å². The predicted molar refractivity (Wildman–Crippen MR) is 90.3 cm³/mol. The van der Waals surface area contributed by atoms with Crippen molar-refractivity contribution in [3.05, 3.63) is 53.1 Å². The summed E-state index contributed by atoms with van der Waals surface area (Å²) in [5.41, 5.74) is 11.3. The predicted octanol–water partition coefficient (Wildman–Crippen LogP) is 3.71. The van der Waals surface area contributed by atoms with Crippen molar-refractivity contribution < 1.29 is 4.74 Å². The minimum Gasteiger partial charge on any atom is -0.491 e. The smallest absolute Gasteiger partial charge is 0.125 e. The van der Waals surface area contributed by atoms with Crippen molar-refractivity contribution in [2.45, 2.75) is 20.8 Å². The van der Waals surface area contributed by atoms with Gasteiger partial charge < -0.3 is 15.4 Å². The fraction of sp³-hybridized carbons (Fsp3) is 0.333. The second-order valence-electron chi connectivity index (χ2n) is 5.52. The molecule has 0 aliphatic carbocycles. The van der Waals surface area contributed by atoms with Crippen molar-refractivity contribution in [2.24, 2.45) is 0 Å². The lowest BCUT2D eigenvalue weighted by molar-refractivity contribution is 0.321. The van der Waals surface area contributed by atoms with Crippen molar-refractivity contribution in [1.29, 1.82) is 0 Å². The largest absolute Gasteiger partial charge is 0.491 e. The second kappa shape index (κ2) is 6.53. The minimum absolute atomic E-state index is 0.659. The van der Waals surface area contributed by atoms with Gasteiger partial charge >= 0.3 is 0 Å². The molecule has 2 rings (SSSR count). The lowest BCUT2D eigenvalue weighted by Gasteiger charge is -2.21. The Hall–Kier alpha value is -2.16. The molecule has 0 atom stereocenters. The number of anilines is 2. The van der Waals surface area contributed by atoms with E-state index in [0.29, 0.717) is 6.61 Å². The van der Waals surface area contributed by atoms with Crippen molar-refractivity contribution in [3.8, 4) is 5.75 Å². The molecule has 0 amide bonds. The lowest BCUT2D eigenvalue weighted by Crippen LogP contribution is -2.24. The van der Waals surface area contributed by atoms with Gasteiger partial charge in [0.1, 0.15) is 12.4 Å². The van der Waals surface area contributed by atoms with Gasteiger partial charge in [0.15, 0.2) is 0 Å². The van der Waals surface area contributed by atoms with Crippen LogP contribution in [0.4, 0.5) is 11.4 Å². The van der Waals surface area contributed by atoms with Crippen molar-refractivity contribution in [3.63, 3.8) is 0 Å². The Kier molecular flexibility index (Phi) is 4.73. The van der Waals surface area contributed by atoms with Crippen LogP contribution in [0, 0.1) is 20.8 Å². The summed E-state index contributed by atoms with van der Waals surface area (Å²) in [5.74, 6) is 1.01. The molecule has 0 aliphatic rings. The third-order valence-corrected chi connectivity index (χ3v) is 3.88. The fourth-order valence-corrected chi connectivity index (χ4v) is 2.29. The van der Waals surface area contributed by atoms with Gasteiger partial charge in [-0.05, 0) is 61.7 Å². The van der Waals surface area contributed by atoms with Crippen LogP contribution in [-0.4, -0.2) is 20.2 Å². The molecule has 0 aliphatic heterocycles. The molecule has 0 bridgehead atoms.